The van der Waals surface area contributed by atoms with E-state index in [1.165, 1.54) is 0 Å². The zero-order valence-corrected chi connectivity index (χ0v) is 7.65. The van der Waals surface area contributed by atoms with Crippen molar-refractivity contribution in [1.82, 2.24) is 10.1 Å². The van der Waals surface area contributed by atoms with Crippen molar-refractivity contribution in [2.45, 2.75) is 0 Å². The van der Waals surface area contributed by atoms with Crippen LogP contribution in [0, 0.1) is 0 Å². The molecule has 0 spiro atoms. The van der Waals surface area contributed by atoms with Crippen molar-refractivity contribution in [3.05, 3.63) is 24.3 Å². The predicted molar refractivity (Wildman–Crippen MR) is 44.2 cm³/mol. The van der Waals surface area contributed by atoms with E-state index in [1.54, 1.807) is 0 Å². The van der Waals surface area contributed by atoms with E-state index in [9.17, 15) is 19.2 Å². The number of hydroxylamine groups is 4. The molecule has 0 unspecified atom stereocenters. The minimum atomic E-state index is -0.767. The third-order valence-electron chi connectivity index (χ3n) is 1.72. The first-order valence-corrected chi connectivity index (χ1v) is 4.06. The normalized spacial score (nSPS) is 19.5. The highest BCUT2D eigenvalue weighted by molar-refractivity contribution is 6.12. The first kappa shape index (κ1) is 10.2. The average Bonchev–Trinajstić information content (AvgIpc) is 2.72. The molecular weight excluding hydrogens is 220 g/mol. The van der Waals surface area contributed by atoms with E-state index in [4.69, 9.17) is 0 Å². The Morgan fingerprint density at radius 2 is 0.875 bits per heavy atom. The summed E-state index contributed by atoms with van der Waals surface area (Å²) in [6, 6.07) is 0. The SMILES string of the molecule is O=C1C=CC(=O)N1OON1C(=O)C=CC1=O. The van der Waals surface area contributed by atoms with Crippen LogP contribution in [0.3, 0.4) is 0 Å². The van der Waals surface area contributed by atoms with Gasteiger partial charge in [0.1, 0.15) is 0 Å². The molecule has 0 aromatic carbocycles. The van der Waals surface area contributed by atoms with Crippen molar-refractivity contribution in [2.75, 3.05) is 0 Å². The molecule has 0 aliphatic carbocycles. The fourth-order valence-corrected chi connectivity index (χ4v) is 0.987. The zero-order chi connectivity index (χ0) is 11.7. The molecule has 0 saturated heterocycles. The van der Waals surface area contributed by atoms with Gasteiger partial charge in [-0.05, 0) is 0 Å². The second-order valence-electron chi connectivity index (χ2n) is 2.76. The fraction of sp³-hybridized carbons (Fsp3) is 0. The number of rotatable bonds is 3. The molecule has 0 N–H and O–H groups in total. The lowest BCUT2D eigenvalue weighted by Crippen LogP contribution is -2.37. The van der Waals surface area contributed by atoms with Gasteiger partial charge in [0.15, 0.2) is 0 Å². The van der Waals surface area contributed by atoms with Crippen LogP contribution in [0.25, 0.3) is 0 Å². The zero-order valence-electron chi connectivity index (χ0n) is 7.65. The number of carbonyl (C=O) groups excluding carboxylic acids is 4. The molecule has 2 aliphatic heterocycles. The second kappa shape index (κ2) is 3.68. The average molecular weight is 224 g/mol. The van der Waals surface area contributed by atoms with Crippen molar-refractivity contribution in [1.29, 1.82) is 0 Å². The highest BCUT2D eigenvalue weighted by Gasteiger charge is 2.31. The van der Waals surface area contributed by atoms with Crippen LogP contribution in [0.5, 0.6) is 0 Å². The summed E-state index contributed by atoms with van der Waals surface area (Å²) in [7, 11) is 0. The molecule has 82 valence electrons. The summed E-state index contributed by atoms with van der Waals surface area (Å²) in [5.41, 5.74) is 0. The number of nitrogens with zero attached hydrogens (tertiary/aromatic N) is 2. The van der Waals surface area contributed by atoms with Crippen LogP contribution in [0.4, 0.5) is 0 Å². The molecular formula is C8H4N2O6. The number of imide groups is 2. The first-order chi connectivity index (χ1) is 7.59. The van der Waals surface area contributed by atoms with E-state index in [0.29, 0.717) is 0 Å². The minimum Gasteiger partial charge on any atom is -0.267 e. The van der Waals surface area contributed by atoms with Gasteiger partial charge in [0.05, 0.1) is 0 Å². The molecule has 0 saturated carbocycles. The molecule has 0 aromatic rings. The Bertz CT molecular complexity index is 373. The summed E-state index contributed by atoms with van der Waals surface area (Å²) in [5, 5.41) is 0.526. The Morgan fingerprint density at radius 1 is 0.625 bits per heavy atom. The Morgan fingerprint density at radius 3 is 1.12 bits per heavy atom. The highest BCUT2D eigenvalue weighted by atomic mass is 17.3. The smallest absolute Gasteiger partial charge is 0.267 e. The molecule has 0 aromatic heterocycles. The van der Waals surface area contributed by atoms with Gasteiger partial charge in [0.25, 0.3) is 23.6 Å². The molecule has 4 amide bonds. The van der Waals surface area contributed by atoms with Gasteiger partial charge in [-0.25, -0.2) is 0 Å². The molecule has 0 radical (unpaired) electrons. The van der Waals surface area contributed by atoms with Gasteiger partial charge < -0.3 is 0 Å². The Kier molecular flexibility index (Phi) is 2.35. The number of carbonyl (C=O) groups is 4. The maximum Gasteiger partial charge on any atom is 0.280 e. The molecule has 2 aliphatic rings. The monoisotopic (exact) mass is 224 g/mol. The standard InChI is InChI=1S/C8H4N2O6/c11-5-1-2-6(12)9(5)15-16-10-7(13)3-4-8(10)14/h1-4H. The third-order valence-corrected chi connectivity index (χ3v) is 1.72. The molecule has 0 fully saturated rings. The lowest BCUT2D eigenvalue weighted by molar-refractivity contribution is -0.463. The molecule has 16 heavy (non-hydrogen) atoms. The highest BCUT2D eigenvalue weighted by Crippen LogP contribution is 2.09. The van der Waals surface area contributed by atoms with E-state index >= 15 is 0 Å². The summed E-state index contributed by atoms with van der Waals surface area (Å²) >= 11 is 0. The number of hydrogen-bond acceptors (Lipinski definition) is 6. The van der Waals surface area contributed by atoms with Crippen molar-refractivity contribution < 1.29 is 29.2 Å². The van der Waals surface area contributed by atoms with Crippen LogP contribution < -0.4 is 0 Å². The first-order valence-electron chi connectivity index (χ1n) is 4.06. The van der Waals surface area contributed by atoms with E-state index in [2.05, 4.69) is 9.98 Å². The summed E-state index contributed by atoms with van der Waals surface area (Å²) in [5.74, 6) is -3.07. The lowest BCUT2D eigenvalue weighted by atomic mass is 10.6. The van der Waals surface area contributed by atoms with E-state index in [1.807, 2.05) is 0 Å². The lowest BCUT2D eigenvalue weighted by Gasteiger charge is -2.15. The van der Waals surface area contributed by atoms with E-state index < -0.39 is 23.6 Å². The van der Waals surface area contributed by atoms with Gasteiger partial charge in [-0.2, -0.15) is 0 Å². The molecule has 2 rings (SSSR count). The fourth-order valence-electron chi connectivity index (χ4n) is 0.987. The number of amides is 4. The molecule has 8 heteroatoms. The van der Waals surface area contributed by atoms with Crippen LogP contribution in [-0.2, 0) is 29.2 Å². The molecule has 8 nitrogen and oxygen atoms in total. The molecule has 0 bridgehead atoms. The van der Waals surface area contributed by atoms with Crippen molar-refractivity contribution in [2.24, 2.45) is 0 Å². The van der Waals surface area contributed by atoms with Crippen LogP contribution in [-0.4, -0.2) is 33.8 Å². The number of hydrogen-bond donors (Lipinski definition) is 0. The summed E-state index contributed by atoms with van der Waals surface area (Å²) in [6.07, 6.45) is 3.82. The second-order valence-corrected chi connectivity index (χ2v) is 2.76. The summed E-state index contributed by atoms with van der Waals surface area (Å²) < 4.78 is 0. The Hall–Kier alpha value is -2.32. The van der Waals surface area contributed by atoms with E-state index in [0.717, 1.165) is 24.3 Å². The van der Waals surface area contributed by atoms with Crippen molar-refractivity contribution in [3.8, 4) is 0 Å². The van der Waals surface area contributed by atoms with Crippen LogP contribution in [0.15, 0.2) is 24.3 Å². The molecule has 0 atom stereocenters. The Labute approximate surface area is 88.1 Å². The van der Waals surface area contributed by atoms with E-state index in [-0.39, 0.29) is 10.1 Å². The maximum atomic E-state index is 11.0. The Balaban J connectivity index is 1.93. The van der Waals surface area contributed by atoms with Gasteiger partial charge in [0, 0.05) is 24.3 Å². The van der Waals surface area contributed by atoms with Gasteiger partial charge in [-0.15, -0.1) is 10.1 Å². The van der Waals surface area contributed by atoms with Crippen LogP contribution in [0.2, 0.25) is 0 Å². The van der Waals surface area contributed by atoms with Crippen molar-refractivity contribution >= 4 is 23.6 Å². The largest absolute Gasteiger partial charge is 0.280 e. The van der Waals surface area contributed by atoms with Crippen molar-refractivity contribution in [3.63, 3.8) is 0 Å². The third kappa shape index (κ3) is 1.62. The van der Waals surface area contributed by atoms with Crippen LogP contribution >= 0.6 is 0 Å². The maximum absolute atomic E-state index is 11.0. The van der Waals surface area contributed by atoms with Gasteiger partial charge >= 0.3 is 0 Å². The van der Waals surface area contributed by atoms with Gasteiger partial charge in [0.2, 0.25) is 0 Å². The summed E-state index contributed by atoms with van der Waals surface area (Å²) in [6.45, 7) is 0. The predicted octanol–water partition coefficient (Wildman–Crippen LogP) is -1.39. The van der Waals surface area contributed by atoms with Gasteiger partial charge in [-0.1, -0.05) is 9.98 Å². The topological polar surface area (TPSA) is 93.2 Å². The summed E-state index contributed by atoms with van der Waals surface area (Å²) in [4.78, 5) is 52.4. The quantitative estimate of drug-likeness (QED) is 0.333. The van der Waals surface area contributed by atoms with Crippen LogP contribution in [0.1, 0.15) is 0 Å². The minimum absolute atomic E-state index is 0.263. The van der Waals surface area contributed by atoms with Gasteiger partial charge in [-0.3, -0.25) is 19.2 Å². The molecule has 2 heterocycles.